The smallest absolute Gasteiger partial charge is 0.263 e. The number of carbonyl (C=O) groups excluding carboxylic acids is 2. The molecule has 2 aliphatic heterocycles. The molecule has 3 aromatic rings. The first-order valence-corrected chi connectivity index (χ1v) is 14.3. The lowest BCUT2D eigenvalue weighted by Crippen LogP contribution is -2.53. The average Bonchev–Trinajstić information content (AvgIpc) is 2.99. The summed E-state index contributed by atoms with van der Waals surface area (Å²) in [7, 11) is -2.15. The molecule has 204 valence electrons. The van der Waals surface area contributed by atoms with Crippen molar-refractivity contribution in [2.45, 2.75) is 30.4 Å². The number of hydrogen-bond donors (Lipinski definition) is 1. The van der Waals surface area contributed by atoms with Crippen LogP contribution in [0.2, 0.25) is 0 Å². The summed E-state index contributed by atoms with van der Waals surface area (Å²) in [6, 6.07) is 23.0. The number of amides is 2. The highest BCUT2D eigenvalue weighted by molar-refractivity contribution is 7.89. The Balaban J connectivity index is 1.25. The summed E-state index contributed by atoms with van der Waals surface area (Å²) in [4.78, 5) is 28.5. The van der Waals surface area contributed by atoms with E-state index in [9.17, 15) is 18.0 Å². The molecule has 1 fully saturated rings. The van der Waals surface area contributed by atoms with Gasteiger partial charge in [0, 0.05) is 25.6 Å². The molecule has 0 bridgehead atoms. The molecule has 0 aromatic heterocycles. The Hall–Kier alpha value is -3.89. The predicted molar refractivity (Wildman–Crippen MR) is 146 cm³/mol. The van der Waals surface area contributed by atoms with Crippen molar-refractivity contribution in [3.63, 3.8) is 0 Å². The van der Waals surface area contributed by atoms with Gasteiger partial charge in [-0.05, 0) is 54.8 Å². The van der Waals surface area contributed by atoms with Crippen LogP contribution < -0.4 is 19.7 Å². The van der Waals surface area contributed by atoms with Crippen molar-refractivity contribution in [3.8, 4) is 11.5 Å². The molecule has 9 nitrogen and oxygen atoms in total. The molecule has 39 heavy (non-hydrogen) atoms. The zero-order valence-electron chi connectivity index (χ0n) is 21.7. The number of para-hydroxylation sites is 2. The number of nitrogens with one attached hydrogen (secondary N) is 1. The standard InChI is InChI=1S/C29H31N3O6S/c1-37-23-11-13-24(14-12-23)39(35,36)31-17-15-22(16-18-31)29(34)32-20-27(38-26-10-6-5-9-25(26)32)28(33)30-19-21-7-3-2-4-8-21/h2-14,22,27H,15-20H2,1H3,(H,30,33)/t27-/m0/s1. The molecule has 2 aliphatic rings. The number of ether oxygens (including phenoxy) is 2. The van der Waals surface area contributed by atoms with E-state index in [0.29, 0.717) is 36.6 Å². The first-order chi connectivity index (χ1) is 18.9. The summed E-state index contributed by atoms with van der Waals surface area (Å²) in [5.74, 6) is 0.249. The second kappa shape index (κ2) is 11.5. The van der Waals surface area contributed by atoms with Gasteiger partial charge >= 0.3 is 0 Å². The quantitative estimate of drug-likeness (QED) is 0.485. The summed E-state index contributed by atoms with van der Waals surface area (Å²) in [5.41, 5.74) is 1.58. The van der Waals surface area contributed by atoms with E-state index in [-0.39, 0.29) is 42.3 Å². The van der Waals surface area contributed by atoms with E-state index in [4.69, 9.17) is 9.47 Å². The van der Waals surface area contributed by atoms with E-state index in [1.807, 2.05) is 36.4 Å². The number of rotatable bonds is 7. The minimum Gasteiger partial charge on any atom is -0.497 e. The van der Waals surface area contributed by atoms with E-state index in [0.717, 1.165) is 5.56 Å². The number of piperidine rings is 1. The minimum atomic E-state index is -3.68. The first kappa shape index (κ1) is 26.7. The molecule has 0 saturated carbocycles. The summed E-state index contributed by atoms with van der Waals surface area (Å²) in [6.07, 6.45) is -0.0832. The van der Waals surface area contributed by atoms with Gasteiger partial charge in [0.15, 0.2) is 6.10 Å². The summed E-state index contributed by atoms with van der Waals surface area (Å²) < 4.78 is 38.8. The van der Waals surface area contributed by atoms with Crippen molar-refractivity contribution in [2.75, 3.05) is 31.6 Å². The van der Waals surface area contributed by atoms with Crippen LogP contribution >= 0.6 is 0 Å². The van der Waals surface area contributed by atoms with Crippen molar-refractivity contribution in [1.82, 2.24) is 9.62 Å². The zero-order valence-corrected chi connectivity index (χ0v) is 22.5. The van der Waals surface area contributed by atoms with Crippen LogP contribution in [0.5, 0.6) is 11.5 Å². The molecule has 1 N–H and O–H groups in total. The fourth-order valence-electron chi connectivity index (χ4n) is 4.94. The summed E-state index contributed by atoms with van der Waals surface area (Å²) >= 11 is 0. The van der Waals surface area contributed by atoms with Gasteiger partial charge in [-0.2, -0.15) is 4.31 Å². The van der Waals surface area contributed by atoms with Gasteiger partial charge in [-0.3, -0.25) is 9.59 Å². The molecule has 0 unspecified atom stereocenters. The van der Waals surface area contributed by atoms with Gasteiger partial charge in [0.2, 0.25) is 15.9 Å². The maximum Gasteiger partial charge on any atom is 0.263 e. The number of nitrogens with zero attached hydrogens (tertiary/aromatic N) is 2. The maximum absolute atomic E-state index is 13.7. The van der Waals surface area contributed by atoms with Gasteiger partial charge in [0.25, 0.3) is 5.91 Å². The largest absolute Gasteiger partial charge is 0.497 e. The molecule has 0 aliphatic carbocycles. The summed E-state index contributed by atoms with van der Waals surface area (Å²) in [6.45, 7) is 0.909. The number of carbonyl (C=O) groups is 2. The molecule has 1 atom stereocenters. The highest BCUT2D eigenvalue weighted by Gasteiger charge is 2.39. The van der Waals surface area contributed by atoms with Gasteiger partial charge in [-0.15, -0.1) is 0 Å². The third kappa shape index (κ3) is 5.76. The van der Waals surface area contributed by atoms with Gasteiger partial charge in [-0.1, -0.05) is 42.5 Å². The number of fused-ring (bicyclic) bond motifs is 1. The third-order valence-electron chi connectivity index (χ3n) is 7.14. The van der Waals surface area contributed by atoms with Crippen LogP contribution in [0.25, 0.3) is 0 Å². The zero-order chi connectivity index (χ0) is 27.4. The van der Waals surface area contributed by atoms with Gasteiger partial charge in [0.1, 0.15) is 11.5 Å². The van der Waals surface area contributed by atoms with E-state index >= 15 is 0 Å². The third-order valence-corrected chi connectivity index (χ3v) is 9.05. The fraction of sp³-hybridized carbons (Fsp3) is 0.310. The Morgan fingerprint density at radius 2 is 1.62 bits per heavy atom. The van der Waals surface area contributed by atoms with Gasteiger partial charge in [-0.25, -0.2) is 8.42 Å². The molecule has 0 spiro atoms. The molecule has 2 heterocycles. The number of hydrogen-bond acceptors (Lipinski definition) is 6. The molecule has 10 heteroatoms. The Kier molecular flexibility index (Phi) is 7.85. The molecule has 0 radical (unpaired) electrons. The van der Waals surface area contributed by atoms with Crippen LogP contribution in [-0.4, -0.2) is 57.4 Å². The van der Waals surface area contributed by atoms with Crippen molar-refractivity contribution in [3.05, 3.63) is 84.4 Å². The number of anilines is 1. The van der Waals surface area contributed by atoms with Crippen molar-refractivity contribution >= 4 is 27.5 Å². The second-order valence-electron chi connectivity index (χ2n) is 9.58. The van der Waals surface area contributed by atoms with Gasteiger partial charge < -0.3 is 19.7 Å². The molecule has 1 saturated heterocycles. The monoisotopic (exact) mass is 549 g/mol. The number of sulfonamides is 1. The number of benzene rings is 3. The highest BCUT2D eigenvalue weighted by atomic mass is 32.2. The lowest BCUT2D eigenvalue weighted by atomic mass is 9.95. The second-order valence-corrected chi connectivity index (χ2v) is 11.5. The molecular formula is C29H31N3O6S. The Morgan fingerprint density at radius 3 is 2.31 bits per heavy atom. The van der Waals surface area contributed by atoms with E-state index < -0.39 is 16.1 Å². The van der Waals surface area contributed by atoms with E-state index in [1.54, 1.807) is 35.2 Å². The first-order valence-electron chi connectivity index (χ1n) is 12.9. The molecule has 2 amide bonds. The lowest BCUT2D eigenvalue weighted by Gasteiger charge is -2.38. The SMILES string of the molecule is COc1ccc(S(=O)(=O)N2CCC(C(=O)N3C[C@@H](C(=O)NCc4ccccc4)Oc4ccccc43)CC2)cc1. The van der Waals surface area contributed by atoms with Crippen LogP contribution in [0.1, 0.15) is 18.4 Å². The van der Waals surface area contributed by atoms with E-state index in [2.05, 4.69) is 5.32 Å². The number of methoxy groups -OCH3 is 1. The van der Waals surface area contributed by atoms with Gasteiger partial charge in [0.05, 0.1) is 24.2 Å². The van der Waals surface area contributed by atoms with Crippen LogP contribution in [-0.2, 0) is 26.2 Å². The Bertz CT molecular complexity index is 1420. The van der Waals surface area contributed by atoms with Crippen LogP contribution in [0.3, 0.4) is 0 Å². The van der Waals surface area contributed by atoms with Crippen LogP contribution in [0.4, 0.5) is 5.69 Å². The van der Waals surface area contributed by atoms with Crippen LogP contribution in [0.15, 0.2) is 83.8 Å². The van der Waals surface area contributed by atoms with Crippen molar-refractivity contribution in [2.24, 2.45) is 5.92 Å². The van der Waals surface area contributed by atoms with E-state index in [1.165, 1.54) is 23.5 Å². The minimum absolute atomic E-state index is 0.0842. The molecule has 5 rings (SSSR count). The topological polar surface area (TPSA) is 105 Å². The summed E-state index contributed by atoms with van der Waals surface area (Å²) in [5, 5.41) is 2.90. The van der Waals surface area contributed by atoms with Crippen LogP contribution in [0, 0.1) is 5.92 Å². The lowest BCUT2D eigenvalue weighted by molar-refractivity contribution is -0.129. The van der Waals surface area contributed by atoms with Crippen molar-refractivity contribution < 1.29 is 27.5 Å². The molecular weight excluding hydrogens is 518 g/mol. The predicted octanol–water partition coefficient (Wildman–Crippen LogP) is 3.21. The fourth-order valence-corrected chi connectivity index (χ4v) is 6.41. The molecule has 3 aromatic carbocycles. The highest BCUT2D eigenvalue weighted by Crippen LogP contribution is 2.36. The average molecular weight is 550 g/mol. The maximum atomic E-state index is 13.7. The van der Waals surface area contributed by atoms with Crippen molar-refractivity contribution in [1.29, 1.82) is 0 Å². The Labute approximate surface area is 228 Å². The Morgan fingerprint density at radius 1 is 0.949 bits per heavy atom. The normalized spacial score (nSPS) is 18.1.